The summed E-state index contributed by atoms with van der Waals surface area (Å²) in [6.45, 7) is 14.2. The molecule has 258 valence electrons. The first-order valence-corrected chi connectivity index (χ1v) is 18.0. The number of pyridine rings is 1. The normalized spacial score (nSPS) is 13.4. The molecule has 6 heteroatoms. The maximum atomic E-state index is 6.67. The van der Waals surface area contributed by atoms with Gasteiger partial charge in [-0.25, -0.2) is 4.98 Å². The topological polar surface area (TPSA) is 46.7 Å². The summed E-state index contributed by atoms with van der Waals surface area (Å²) in [6.07, 6.45) is 1.90. The highest BCUT2D eigenvalue weighted by atomic mass is 16.5. The molecule has 0 unspecified atom stereocenters. The van der Waals surface area contributed by atoms with Crippen molar-refractivity contribution in [1.29, 1.82) is 0 Å². The molecule has 0 fully saturated rings. The maximum Gasteiger partial charge on any atom is 0.161 e. The number of ether oxygens (including phenoxy) is 1. The van der Waals surface area contributed by atoms with Gasteiger partial charge in [0.15, 0.2) is 5.58 Å². The van der Waals surface area contributed by atoms with Gasteiger partial charge in [-0.05, 0) is 88.7 Å². The lowest BCUT2D eigenvalue weighted by atomic mass is 9.85. The molecule has 6 nitrogen and oxygen atoms in total. The molecule has 1 aliphatic heterocycles. The molecule has 4 heterocycles. The third kappa shape index (κ3) is 5.29. The fourth-order valence-electron chi connectivity index (χ4n) is 7.59. The van der Waals surface area contributed by atoms with E-state index in [0.29, 0.717) is 6.67 Å². The highest BCUT2D eigenvalue weighted by Crippen LogP contribution is 2.47. The summed E-state index contributed by atoms with van der Waals surface area (Å²) in [6, 6.07) is 44.5. The molecule has 5 aromatic carbocycles. The van der Waals surface area contributed by atoms with Crippen molar-refractivity contribution in [2.45, 2.75) is 52.4 Å². The van der Waals surface area contributed by atoms with Crippen LogP contribution in [-0.2, 0) is 10.8 Å². The van der Waals surface area contributed by atoms with E-state index >= 15 is 0 Å². The van der Waals surface area contributed by atoms with E-state index in [1.807, 2.05) is 30.5 Å². The highest BCUT2D eigenvalue weighted by Gasteiger charge is 2.31. The van der Waals surface area contributed by atoms with Crippen molar-refractivity contribution < 1.29 is 9.15 Å². The first-order valence-electron chi connectivity index (χ1n) is 18.0. The molecular formula is C46H42N4O2. The summed E-state index contributed by atoms with van der Waals surface area (Å²) in [5.74, 6) is 2.36. The Balaban J connectivity index is 1.11. The molecule has 0 bridgehead atoms. The second kappa shape index (κ2) is 11.8. The van der Waals surface area contributed by atoms with Crippen molar-refractivity contribution in [3.63, 3.8) is 0 Å². The van der Waals surface area contributed by atoms with E-state index in [0.717, 1.165) is 56.0 Å². The largest absolute Gasteiger partial charge is 0.457 e. The van der Waals surface area contributed by atoms with E-state index in [2.05, 4.69) is 159 Å². The van der Waals surface area contributed by atoms with Crippen LogP contribution in [0.2, 0.25) is 0 Å². The Morgan fingerprint density at radius 2 is 1.33 bits per heavy atom. The lowest BCUT2D eigenvalue weighted by Crippen LogP contribution is -2.26. The maximum absolute atomic E-state index is 6.67. The minimum Gasteiger partial charge on any atom is -0.457 e. The van der Waals surface area contributed by atoms with Crippen LogP contribution in [0.4, 0.5) is 22.7 Å². The molecule has 0 aliphatic carbocycles. The third-order valence-corrected chi connectivity index (χ3v) is 10.2. The van der Waals surface area contributed by atoms with Crippen molar-refractivity contribution in [3.05, 3.63) is 145 Å². The number of nitrogens with zero attached hydrogens (tertiary/aromatic N) is 4. The van der Waals surface area contributed by atoms with E-state index in [-0.39, 0.29) is 10.8 Å². The van der Waals surface area contributed by atoms with Crippen LogP contribution in [0.5, 0.6) is 11.5 Å². The number of fused-ring (bicyclic) bond motifs is 6. The molecule has 3 aromatic heterocycles. The quantitative estimate of drug-likeness (QED) is 0.181. The van der Waals surface area contributed by atoms with Gasteiger partial charge in [-0.1, -0.05) is 90.1 Å². The van der Waals surface area contributed by atoms with Crippen LogP contribution in [0.25, 0.3) is 38.8 Å². The standard InChI is InChI=1S/C46H42N4O2/c1-45(2,3)30-24-25-47-42(26-30)50-40-28-33(22-23-34(40)44-43(50)35-16-7-12-21-41(35)52-44)51-32-15-13-14-31(27-32)48-29-49(39-20-11-10-19-38(39)48)37-18-9-8-17-36(37)46(4,5)6/h7-28H,29H2,1-6H3. The summed E-state index contributed by atoms with van der Waals surface area (Å²) in [5, 5.41) is 2.07. The molecule has 0 atom stereocenters. The number of hydrogen-bond acceptors (Lipinski definition) is 5. The molecule has 9 rings (SSSR count). The molecule has 0 amide bonds. The van der Waals surface area contributed by atoms with E-state index in [9.17, 15) is 0 Å². The zero-order chi connectivity index (χ0) is 35.8. The SMILES string of the molecule is CC(C)(C)c1ccnc(-n2c3cc(Oc4cccc(N5CN(c6ccccc6C(C)(C)C)c6ccccc65)c4)ccc3c3oc4ccccc4c32)c1. The van der Waals surface area contributed by atoms with Crippen LogP contribution in [0, 0.1) is 0 Å². The molecule has 0 radical (unpaired) electrons. The lowest BCUT2D eigenvalue weighted by molar-refractivity contribution is 0.483. The Bertz CT molecular complexity index is 2630. The van der Waals surface area contributed by atoms with E-state index < -0.39 is 0 Å². The molecule has 8 aromatic rings. The van der Waals surface area contributed by atoms with Crippen LogP contribution in [0.1, 0.15) is 52.7 Å². The third-order valence-electron chi connectivity index (χ3n) is 10.2. The van der Waals surface area contributed by atoms with Crippen LogP contribution in [0.3, 0.4) is 0 Å². The molecule has 52 heavy (non-hydrogen) atoms. The monoisotopic (exact) mass is 682 g/mol. The van der Waals surface area contributed by atoms with Gasteiger partial charge in [0.2, 0.25) is 0 Å². The van der Waals surface area contributed by atoms with Crippen LogP contribution in [-0.4, -0.2) is 16.2 Å². The Hall–Kier alpha value is -6.01. The van der Waals surface area contributed by atoms with Gasteiger partial charge >= 0.3 is 0 Å². The second-order valence-corrected chi connectivity index (χ2v) is 15.8. The lowest BCUT2D eigenvalue weighted by Gasteiger charge is -2.29. The average Bonchev–Trinajstić information content (AvgIpc) is 3.80. The summed E-state index contributed by atoms with van der Waals surface area (Å²) in [4.78, 5) is 9.68. The van der Waals surface area contributed by atoms with Crippen molar-refractivity contribution in [2.24, 2.45) is 0 Å². The van der Waals surface area contributed by atoms with Crippen molar-refractivity contribution >= 4 is 55.7 Å². The minimum atomic E-state index is -0.0274. The fourth-order valence-corrected chi connectivity index (χ4v) is 7.59. The highest BCUT2D eigenvalue weighted by molar-refractivity contribution is 6.16. The number of para-hydroxylation sites is 4. The minimum absolute atomic E-state index is 0.00871. The number of furan rings is 1. The molecule has 1 aliphatic rings. The number of hydrogen-bond donors (Lipinski definition) is 0. The predicted octanol–water partition coefficient (Wildman–Crippen LogP) is 12.6. The van der Waals surface area contributed by atoms with Gasteiger partial charge in [0, 0.05) is 40.5 Å². The fraction of sp³-hybridized carbons (Fsp3) is 0.196. The van der Waals surface area contributed by atoms with Gasteiger partial charge in [-0.3, -0.25) is 4.57 Å². The Kier molecular flexibility index (Phi) is 7.23. The smallest absolute Gasteiger partial charge is 0.161 e. The van der Waals surface area contributed by atoms with Gasteiger partial charge in [0.05, 0.1) is 16.9 Å². The van der Waals surface area contributed by atoms with Crippen molar-refractivity contribution in [1.82, 2.24) is 9.55 Å². The summed E-state index contributed by atoms with van der Waals surface area (Å²) < 4.78 is 15.4. The first-order chi connectivity index (χ1) is 25.0. The van der Waals surface area contributed by atoms with Gasteiger partial charge in [-0.2, -0.15) is 0 Å². The summed E-state index contributed by atoms with van der Waals surface area (Å²) in [7, 11) is 0. The van der Waals surface area contributed by atoms with Crippen LogP contribution < -0.4 is 14.5 Å². The summed E-state index contributed by atoms with van der Waals surface area (Å²) >= 11 is 0. The first kappa shape index (κ1) is 31.9. The average molecular weight is 683 g/mol. The Morgan fingerprint density at radius 1 is 0.615 bits per heavy atom. The van der Waals surface area contributed by atoms with Crippen molar-refractivity contribution in [2.75, 3.05) is 16.5 Å². The van der Waals surface area contributed by atoms with Gasteiger partial charge < -0.3 is 19.0 Å². The Labute approximate surface area is 304 Å². The molecule has 0 saturated heterocycles. The van der Waals surface area contributed by atoms with Gasteiger partial charge in [0.25, 0.3) is 0 Å². The molecule has 0 saturated carbocycles. The Morgan fingerprint density at radius 3 is 2.12 bits per heavy atom. The zero-order valence-electron chi connectivity index (χ0n) is 30.5. The van der Waals surface area contributed by atoms with E-state index in [1.165, 1.54) is 28.2 Å². The second-order valence-electron chi connectivity index (χ2n) is 15.8. The van der Waals surface area contributed by atoms with Crippen LogP contribution >= 0.6 is 0 Å². The number of benzene rings is 5. The molecular weight excluding hydrogens is 641 g/mol. The number of rotatable bonds is 5. The summed E-state index contributed by atoms with van der Waals surface area (Å²) in [5.41, 5.74) is 10.9. The molecule has 0 N–H and O–H groups in total. The van der Waals surface area contributed by atoms with Gasteiger partial charge in [0.1, 0.15) is 35.1 Å². The molecule has 0 spiro atoms. The predicted molar refractivity (Wildman–Crippen MR) is 214 cm³/mol. The number of aromatic nitrogens is 2. The van der Waals surface area contributed by atoms with Crippen molar-refractivity contribution in [3.8, 4) is 17.3 Å². The number of anilines is 4. The van der Waals surface area contributed by atoms with Gasteiger partial charge in [-0.15, -0.1) is 0 Å². The van der Waals surface area contributed by atoms with Crippen LogP contribution in [0.15, 0.2) is 138 Å². The van der Waals surface area contributed by atoms with E-state index in [4.69, 9.17) is 14.1 Å². The zero-order valence-corrected chi connectivity index (χ0v) is 30.5. The van der Waals surface area contributed by atoms with E-state index in [1.54, 1.807) is 0 Å².